The standard InChI is InChI=1S/C13H20FNO/c1-5-11(15-4)10(3)16-12-8-6-7-9(2)13(12)14/h6-8,10-11,15H,5H2,1-4H3. The lowest BCUT2D eigenvalue weighted by molar-refractivity contribution is 0.165. The first-order valence-electron chi connectivity index (χ1n) is 5.69. The van der Waals surface area contributed by atoms with Crippen LogP contribution in [-0.2, 0) is 0 Å². The second kappa shape index (κ2) is 5.85. The Kier molecular flexibility index (Phi) is 4.74. The number of rotatable bonds is 5. The molecule has 2 unspecified atom stereocenters. The zero-order valence-corrected chi connectivity index (χ0v) is 10.4. The van der Waals surface area contributed by atoms with Gasteiger partial charge >= 0.3 is 0 Å². The zero-order valence-electron chi connectivity index (χ0n) is 10.4. The van der Waals surface area contributed by atoms with E-state index in [0.717, 1.165) is 6.42 Å². The van der Waals surface area contributed by atoms with Gasteiger partial charge < -0.3 is 10.1 Å². The molecule has 1 N–H and O–H groups in total. The molecule has 0 aliphatic carbocycles. The van der Waals surface area contributed by atoms with E-state index in [1.54, 1.807) is 25.1 Å². The first kappa shape index (κ1) is 13.0. The van der Waals surface area contributed by atoms with Gasteiger partial charge in [-0.2, -0.15) is 0 Å². The van der Waals surface area contributed by atoms with E-state index in [0.29, 0.717) is 11.3 Å². The van der Waals surface area contributed by atoms with Crippen molar-refractivity contribution >= 4 is 0 Å². The molecule has 0 aliphatic rings. The van der Waals surface area contributed by atoms with Crippen LogP contribution in [0.4, 0.5) is 4.39 Å². The number of benzene rings is 1. The van der Waals surface area contributed by atoms with Gasteiger partial charge in [-0.15, -0.1) is 0 Å². The molecule has 0 aliphatic heterocycles. The number of hydrogen-bond donors (Lipinski definition) is 1. The lowest BCUT2D eigenvalue weighted by atomic mass is 10.1. The Hall–Kier alpha value is -1.09. The van der Waals surface area contributed by atoms with Gasteiger partial charge in [0, 0.05) is 6.04 Å². The molecule has 1 rings (SSSR count). The average Bonchev–Trinajstić information content (AvgIpc) is 2.26. The molecule has 1 aromatic rings. The highest BCUT2D eigenvalue weighted by Gasteiger charge is 2.16. The summed E-state index contributed by atoms with van der Waals surface area (Å²) in [4.78, 5) is 0. The summed E-state index contributed by atoms with van der Waals surface area (Å²) in [5, 5.41) is 3.16. The van der Waals surface area contributed by atoms with E-state index in [-0.39, 0.29) is 18.0 Å². The van der Waals surface area contributed by atoms with E-state index in [4.69, 9.17) is 4.74 Å². The van der Waals surface area contributed by atoms with Crippen molar-refractivity contribution in [3.63, 3.8) is 0 Å². The van der Waals surface area contributed by atoms with Gasteiger partial charge in [0.2, 0.25) is 0 Å². The SMILES string of the molecule is CCC(NC)C(C)Oc1cccc(C)c1F. The molecule has 16 heavy (non-hydrogen) atoms. The molecule has 3 heteroatoms. The third kappa shape index (κ3) is 2.95. The predicted octanol–water partition coefficient (Wildman–Crippen LogP) is 2.90. The maximum atomic E-state index is 13.7. The van der Waals surface area contributed by atoms with E-state index >= 15 is 0 Å². The van der Waals surface area contributed by atoms with Crippen LogP contribution >= 0.6 is 0 Å². The fourth-order valence-electron chi connectivity index (χ4n) is 1.76. The molecule has 0 fully saturated rings. The van der Waals surface area contributed by atoms with Gasteiger partial charge in [0.05, 0.1) is 0 Å². The highest BCUT2D eigenvalue weighted by atomic mass is 19.1. The lowest BCUT2D eigenvalue weighted by Gasteiger charge is -2.23. The number of aryl methyl sites for hydroxylation is 1. The molecule has 90 valence electrons. The van der Waals surface area contributed by atoms with Crippen molar-refractivity contribution in [1.29, 1.82) is 0 Å². The van der Waals surface area contributed by atoms with Crippen molar-refractivity contribution in [2.75, 3.05) is 7.05 Å². The van der Waals surface area contributed by atoms with Crippen molar-refractivity contribution in [2.24, 2.45) is 0 Å². The van der Waals surface area contributed by atoms with Crippen LogP contribution in [0.1, 0.15) is 25.8 Å². The van der Waals surface area contributed by atoms with Gasteiger partial charge in [-0.3, -0.25) is 0 Å². The minimum absolute atomic E-state index is 0.0497. The van der Waals surface area contributed by atoms with E-state index in [1.807, 2.05) is 14.0 Å². The van der Waals surface area contributed by atoms with Crippen LogP contribution in [-0.4, -0.2) is 19.2 Å². The molecule has 0 saturated carbocycles. The van der Waals surface area contributed by atoms with Gasteiger partial charge in [0.1, 0.15) is 6.10 Å². The van der Waals surface area contributed by atoms with Gasteiger partial charge in [-0.25, -0.2) is 4.39 Å². The molecule has 0 spiro atoms. The van der Waals surface area contributed by atoms with Crippen molar-refractivity contribution < 1.29 is 9.13 Å². The predicted molar refractivity (Wildman–Crippen MR) is 64.4 cm³/mol. The Morgan fingerprint density at radius 2 is 2.12 bits per heavy atom. The largest absolute Gasteiger partial charge is 0.486 e. The van der Waals surface area contributed by atoms with Crippen LogP contribution in [0.2, 0.25) is 0 Å². The minimum Gasteiger partial charge on any atom is -0.486 e. The lowest BCUT2D eigenvalue weighted by Crippen LogP contribution is -2.38. The summed E-state index contributed by atoms with van der Waals surface area (Å²) in [6.45, 7) is 5.77. The normalized spacial score (nSPS) is 14.6. The van der Waals surface area contributed by atoms with Gasteiger partial charge in [-0.1, -0.05) is 19.1 Å². The monoisotopic (exact) mass is 225 g/mol. The van der Waals surface area contributed by atoms with E-state index in [2.05, 4.69) is 12.2 Å². The Morgan fingerprint density at radius 3 is 2.69 bits per heavy atom. The minimum atomic E-state index is -0.264. The molecule has 2 nitrogen and oxygen atoms in total. The van der Waals surface area contributed by atoms with E-state index < -0.39 is 0 Å². The number of ether oxygens (including phenoxy) is 1. The number of halogens is 1. The maximum absolute atomic E-state index is 13.7. The van der Waals surface area contributed by atoms with Crippen molar-refractivity contribution in [3.8, 4) is 5.75 Å². The van der Waals surface area contributed by atoms with Crippen molar-refractivity contribution in [1.82, 2.24) is 5.32 Å². The van der Waals surface area contributed by atoms with Crippen LogP contribution in [0, 0.1) is 12.7 Å². The molecule has 0 aromatic heterocycles. The third-order valence-electron chi connectivity index (χ3n) is 2.85. The summed E-state index contributed by atoms with van der Waals surface area (Å²) in [5.41, 5.74) is 0.613. The molecule has 0 saturated heterocycles. The summed E-state index contributed by atoms with van der Waals surface area (Å²) in [7, 11) is 1.89. The smallest absolute Gasteiger partial charge is 0.167 e. The van der Waals surface area contributed by atoms with Gasteiger partial charge in [0.15, 0.2) is 11.6 Å². The van der Waals surface area contributed by atoms with Crippen LogP contribution in [0.3, 0.4) is 0 Å². The van der Waals surface area contributed by atoms with Crippen LogP contribution in [0.5, 0.6) is 5.75 Å². The Morgan fingerprint density at radius 1 is 1.44 bits per heavy atom. The topological polar surface area (TPSA) is 21.3 Å². The summed E-state index contributed by atoms with van der Waals surface area (Å²) >= 11 is 0. The molecule has 1 aromatic carbocycles. The molecular formula is C13H20FNO. The van der Waals surface area contributed by atoms with Gasteiger partial charge in [-0.05, 0) is 38.9 Å². The van der Waals surface area contributed by atoms with Crippen LogP contribution in [0.15, 0.2) is 18.2 Å². The third-order valence-corrected chi connectivity index (χ3v) is 2.85. The second-order valence-electron chi connectivity index (χ2n) is 4.01. The van der Waals surface area contributed by atoms with Crippen LogP contribution < -0.4 is 10.1 Å². The summed E-state index contributed by atoms with van der Waals surface area (Å²) < 4.78 is 19.3. The van der Waals surface area contributed by atoms with E-state index in [9.17, 15) is 4.39 Å². The Bertz CT molecular complexity index is 337. The molecule has 2 atom stereocenters. The van der Waals surface area contributed by atoms with Crippen LogP contribution in [0.25, 0.3) is 0 Å². The highest BCUT2D eigenvalue weighted by Crippen LogP contribution is 2.21. The molecule has 0 heterocycles. The maximum Gasteiger partial charge on any atom is 0.167 e. The Labute approximate surface area is 96.8 Å². The summed E-state index contributed by atoms with van der Waals surface area (Å²) in [6.07, 6.45) is 0.900. The molecule has 0 amide bonds. The average molecular weight is 225 g/mol. The van der Waals surface area contributed by atoms with Crippen molar-refractivity contribution in [2.45, 2.75) is 39.3 Å². The summed E-state index contributed by atoms with van der Waals surface area (Å²) in [5.74, 6) is 0.0708. The summed E-state index contributed by atoms with van der Waals surface area (Å²) in [6, 6.07) is 5.45. The number of nitrogens with one attached hydrogen (secondary N) is 1. The van der Waals surface area contributed by atoms with E-state index in [1.165, 1.54) is 0 Å². The second-order valence-corrected chi connectivity index (χ2v) is 4.01. The molecule has 0 bridgehead atoms. The molecular weight excluding hydrogens is 205 g/mol. The Balaban J connectivity index is 2.76. The fraction of sp³-hybridized carbons (Fsp3) is 0.538. The van der Waals surface area contributed by atoms with Gasteiger partial charge in [0.25, 0.3) is 0 Å². The number of hydrogen-bond acceptors (Lipinski definition) is 2. The van der Waals surface area contributed by atoms with Crippen molar-refractivity contribution in [3.05, 3.63) is 29.6 Å². The first-order valence-corrected chi connectivity index (χ1v) is 5.69. The molecule has 0 radical (unpaired) electrons. The zero-order chi connectivity index (χ0) is 12.1. The first-order chi connectivity index (χ1) is 7.60. The number of likely N-dealkylation sites (N-methyl/N-ethyl adjacent to an activating group) is 1. The quantitative estimate of drug-likeness (QED) is 0.832. The fourth-order valence-corrected chi connectivity index (χ4v) is 1.76. The highest BCUT2D eigenvalue weighted by molar-refractivity contribution is 5.30.